The number of aryl methyl sites for hydroxylation is 1. The van der Waals surface area contributed by atoms with E-state index >= 15 is 0 Å². The number of nitrogens with one attached hydrogen (secondary N) is 1. The van der Waals surface area contributed by atoms with E-state index in [1.54, 1.807) is 0 Å². The summed E-state index contributed by atoms with van der Waals surface area (Å²) in [5.74, 6) is -0.0821. The van der Waals surface area contributed by atoms with E-state index in [2.05, 4.69) is 21.2 Å². The van der Waals surface area contributed by atoms with E-state index < -0.39 is 0 Å². The molecule has 1 amide bonds. The molecule has 0 spiro atoms. The van der Waals surface area contributed by atoms with Crippen molar-refractivity contribution in [3.63, 3.8) is 0 Å². The van der Waals surface area contributed by atoms with E-state index in [-0.39, 0.29) is 18.6 Å². The van der Waals surface area contributed by atoms with Gasteiger partial charge in [-0.05, 0) is 37.5 Å². The summed E-state index contributed by atoms with van der Waals surface area (Å²) >= 11 is 3.45. The lowest BCUT2D eigenvalue weighted by Gasteiger charge is -2.21. The van der Waals surface area contributed by atoms with Gasteiger partial charge in [0.25, 0.3) is 0 Å². The number of hydrogen-bond donors (Lipinski definition) is 1. The number of hydrogen-bond acceptors (Lipinski definition) is 2. The van der Waals surface area contributed by atoms with E-state index in [0.29, 0.717) is 0 Å². The zero-order chi connectivity index (χ0) is 13.7. The van der Waals surface area contributed by atoms with Gasteiger partial charge in [-0.15, -0.1) is 0 Å². The van der Waals surface area contributed by atoms with Gasteiger partial charge in [0, 0.05) is 10.2 Å². The number of carbonyl (C=O) groups excluding carboxylic acids is 1. The Morgan fingerprint density at radius 1 is 1.37 bits per heavy atom. The maximum Gasteiger partial charge on any atom is 0.250 e. The van der Waals surface area contributed by atoms with Gasteiger partial charge in [-0.2, -0.15) is 0 Å². The summed E-state index contributed by atoms with van der Waals surface area (Å²) in [5, 5.41) is 2.86. The normalized spacial score (nSPS) is 16.3. The van der Waals surface area contributed by atoms with E-state index in [1.165, 1.54) is 19.3 Å². The number of amides is 1. The van der Waals surface area contributed by atoms with Crippen molar-refractivity contribution in [2.24, 2.45) is 0 Å². The molecule has 1 aliphatic rings. The molecule has 0 unspecified atom stereocenters. The molecule has 0 aromatic heterocycles. The molecule has 1 N–H and O–H groups in total. The summed E-state index contributed by atoms with van der Waals surface area (Å²) in [6.45, 7) is 2.16. The topological polar surface area (TPSA) is 38.3 Å². The van der Waals surface area contributed by atoms with Crippen LogP contribution in [0.3, 0.4) is 0 Å². The van der Waals surface area contributed by atoms with Crippen LogP contribution in [0.5, 0.6) is 0 Å². The first kappa shape index (κ1) is 14.5. The molecule has 4 heteroatoms. The fraction of sp³-hybridized carbons (Fsp3) is 0.533. The molecule has 1 saturated carbocycles. The van der Waals surface area contributed by atoms with Crippen LogP contribution in [-0.4, -0.2) is 18.6 Å². The fourth-order valence-electron chi connectivity index (χ4n) is 2.29. The van der Waals surface area contributed by atoms with Gasteiger partial charge in [0.15, 0.2) is 0 Å². The standard InChI is InChI=1S/C15H20BrNO2/c1-11-7-8-12(9-14(11)16)17-15(18)10-19-13-5-3-2-4-6-13/h7-9,13H,2-6,10H2,1H3,(H,17,18). The number of carbonyl (C=O) groups is 1. The van der Waals surface area contributed by atoms with Gasteiger partial charge in [-0.25, -0.2) is 0 Å². The van der Waals surface area contributed by atoms with Gasteiger partial charge in [-0.3, -0.25) is 4.79 Å². The van der Waals surface area contributed by atoms with E-state index in [4.69, 9.17) is 4.74 Å². The number of ether oxygens (including phenoxy) is 1. The maximum atomic E-state index is 11.8. The molecule has 1 fully saturated rings. The predicted molar refractivity (Wildman–Crippen MR) is 80.3 cm³/mol. The Hall–Kier alpha value is -0.870. The Balaban J connectivity index is 1.78. The molecule has 1 aliphatic carbocycles. The first-order chi connectivity index (χ1) is 9.15. The van der Waals surface area contributed by atoms with Crippen LogP contribution in [0, 0.1) is 6.92 Å². The highest BCUT2D eigenvalue weighted by molar-refractivity contribution is 9.10. The summed E-state index contributed by atoms with van der Waals surface area (Å²) in [4.78, 5) is 11.8. The molecule has 2 rings (SSSR count). The average Bonchev–Trinajstić information content (AvgIpc) is 2.42. The lowest BCUT2D eigenvalue weighted by atomic mass is 9.98. The van der Waals surface area contributed by atoms with Gasteiger partial charge in [0.1, 0.15) is 6.61 Å². The third kappa shape index (κ3) is 4.62. The van der Waals surface area contributed by atoms with Gasteiger partial charge in [0.2, 0.25) is 5.91 Å². The monoisotopic (exact) mass is 325 g/mol. The average molecular weight is 326 g/mol. The Kier molecular flexibility index (Phi) is 5.40. The Morgan fingerprint density at radius 3 is 2.79 bits per heavy atom. The lowest BCUT2D eigenvalue weighted by molar-refractivity contribution is -0.123. The van der Waals surface area contributed by atoms with Crippen molar-refractivity contribution < 1.29 is 9.53 Å². The molecule has 3 nitrogen and oxygen atoms in total. The number of benzene rings is 1. The minimum absolute atomic E-state index is 0.0821. The molecular weight excluding hydrogens is 306 g/mol. The van der Waals surface area contributed by atoms with Crippen LogP contribution in [-0.2, 0) is 9.53 Å². The van der Waals surface area contributed by atoms with Crippen LogP contribution >= 0.6 is 15.9 Å². The molecule has 0 atom stereocenters. The van der Waals surface area contributed by atoms with Crippen molar-refractivity contribution in [1.82, 2.24) is 0 Å². The molecule has 0 bridgehead atoms. The Morgan fingerprint density at radius 2 is 2.11 bits per heavy atom. The van der Waals surface area contributed by atoms with E-state index in [0.717, 1.165) is 28.6 Å². The molecular formula is C15H20BrNO2. The molecule has 0 saturated heterocycles. The molecule has 19 heavy (non-hydrogen) atoms. The van der Waals surface area contributed by atoms with Crippen LogP contribution in [0.25, 0.3) is 0 Å². The SMILES string of the molecule is Cc1ccc(NC(=O)COC2CCCCC2)cc1Br. The Labute approximate surface area is 122 Å². The van der Waals surface area contributed by atoms with E-state index in [1.807, 2.05) is 25.1 Å². The van der Waals surface area contributed by atoms with Gasteiger partial charge < -0.3 is 10.1 Å². The smallest absolute Gasteiger partial charge is 0.250 e. The largest absolute Gasteiger partial charge is 0.368 e. The fourth-order valence-corrected chi connectivity index (χ4v) is 2.67. The first-order valence-electron chi connectivity index (χ1n) is 6.83. The van der Waals surface area contributed by atoms with Crippen molar-refractivity contribution in [3.8, 4) is 0 Å². The van der Waals surface area contributed by atoms with Crippen molar-refractivity contribution in [3.05, 3.63) is 28.2 Å². The summed E-state index contributed by atoms with van der Waals surface area (Å²) < 4.78 is 6.65. The third-order valence-corrected chi connectivity index (χ3v) is 4.31. The molecule has 104 valence electrons. The lowest BCUT2D eigenvalue weighted by Crippen LogP contribution is -2.24. The van der Waals surface area contributed by atoms with Crippen molar-refractivity contribution in [2.45, 2.75) is 45.1 Å². The molecule has 1 aromatic rings. The molecule has 0 radical (unpaired) electrons. The number of halogens is 1. The van der Waals surface area contributed by atoms with Crippen LogP contribution in [0.1, 0.15) is 37.7 Å². The highest BCUT2D eigenvalue weighted by Gasteiger charge is 2.15. The second-order valence-electron chi connectivity index (χ2n) is 5.08. The zero-order valence-electron chi connectivity index (χ0n) is 11.2. The predicted octanol–water partition coefficient (Wildman–Crippen LogP) is 4.05. The summed E-state index contributed by atoms with van der Waals surface area (Å²) in [5.41, 5.74) is 1.95. The second-order valence-corrected chi connectivity index (χ2v) is 5.94. The molecule has 0 aliphatic heterocycles. The van der Waals surface area contributed by atoms with Crippen molar-refractivity contribution in [2.75, 3.05) is 11.9 Å². The Bertz CT molecular complexity index is 442. The quantitative estimate of drug-likeness (QED) is 0.907. The first-order valence-corrected chi connectivity index (χ1v) is 7.62. The van der Waals surface area contributed by atoms with Gasteiger partial charge >= 0.3 is 0 Å². The van der Waals surface area contributed by atoms with Crippen molar-refractivity contribution >= 4 is 27.5 Å². The zero-order valence-corrected chi connectivity index (χ0v) is 12.8. The number of rotatable bonds is 4. The summed E-state index contributed by atoms with van der Waals surface area (Å²) in [6.07, 6.45) is 6.18. The van der Waals surface area contributed by atoms with Crippen LogP contribution in [0.4, 0.5) is 5.69 Å². The van der Waals surface area contributed by atoms with E-state index in [9.17, 15) is 4.79 Å². The second kappa shape index (κ2) is 7.06. The van der Waals surface area contributed by atoms with Gasteiger partial charge in [0.05, 0.1) is 6.10 Å². The molecule has 1 aromatic carbocycles. The third-order valence-electron chi connectivity index (χ3n) is 3.46. The van der Waals surface area contributed by atoms with Crippen LogP contribution < -0.4 is 5.32 Å². The highest BCUT2D eigenvalue weighted by Crippen LogP contribution is 2.21. The van der Waals surface area contributed by atoms with Crippen LogP contribution in [0.15, 0.2) is 22.7 Å². The van der Waals surface area contributed by atoms with Gasteiger partial charge in [-0.1, -0.05) is 41.3 Å². The number of anilines is 1. The molecule has 0 heterocycles. The summed E-state index contributed by atoms with van der Waals surface area (Å²) in [6, 6.07) is 5.79. The minimum atomic E-state index is -0.0821. The minimum Gasteiger partial charge on any atom is -0.368 e. The maximum absolute atomic E-state index is 11.8. The summed E-state index contributed by atoms with van der Waals surface area (Å²) in [7, 11) is 0. The van der Waals surface area contributed by atoms with Crippen molar-refractivity contribution in [1.29, 1.82) is 0 Å². The van der Waals surface area contributed by atoms with Crippen LogP contribution in [0.2, 0.25) is 0 Å². The highest BCUT2D eigenvalue weighted by atomic mass is 79.9.